The van der Waals surface area contributed by atoms with E-state index >= 15 is 0 Å². The van der Waals surface area contributed by atoms with Crippen LogP contribution in [0.5, 0.6) is 0 Å². The number of alkyl halides is 1. The molecule has 0 heterocycles. The van der Waals surface area contributed by atoms with E-state index < -0.39 is 0 Å². The van der Waals surface area contributed by atoms with Gasteiger partial charge in [-0.05, 0) is 225 Å². The maximum absolute atomic E-state index is 3.81. The van der Waals surface area contributed by atoms with Gasteiger partial charge in [0, 0.05) is 38.6 Å². The highest BCUT2D eigenvalue weighted by atomic mass is 127. The molecule has 8 aromatic carbocycles. The molecule has 0 unspecified atom stereocenters. The number of aryl methyl sites for hydroxylation is 1. The predicted molar refractivity (Wildman–Crippen MR) is 325 cm³/mol. The van der Waals surface area contributed by atoms with E-state index in [2.05, 4.69) is 260 Å². The summed E-state index contributed by atoms with van der Waals surface area (Å²) < 4.78 is 5.76. The minimum Gasteiger partial charge on any atom is -0.0901 e. The van der Waals surface area contributed by atoms with Crippen molar-refractivity contribution in [2.75, 3.05) is 4.93 Å². The second-order valence-electron chi connectivity index (χ2n) is 21.0. The second-order valence-corrected chi connectivity index (χ2v) is 25.6. The van der Waals surface area contributed by atoms with Crippen LogP contribution in [0.3, 0.4) is 0 Å². The van der Waals surface area contributed by atoms with Gasteiger partial charge in [-0.25, -0.2) is 0 Å². The van der Waals surface area contributed by atoms with Crippen molar-refractivity contribution in [2.45, 2.75) is 97.8 Å². The van der Waals surface area contributed by atoms with Crippen molar-refractivity contribution >= 4 is 102 Å². The molecule has 0 saturated heterocycles. The van der Waals surface area contributed by atoms with Crippen LogP contribution >= 0.6 is 102 Å². The topological polar surface area (TPSA) is 0 Å². The van der Waals surface area contributed by atoms with Gasteiger partial charge in [0.05, 0.1) is 0 Å². The quantitative estimate of drug-likeness (QED) is 0.105. The molecule has 6 heteroatoms. The summed E-state index contributed by atoms with van der Waals surface area (Å²) in [5.74, 6) is 0. The molecule has 0 bridgehead atoms. The number of fused-ring (bicyclic) bond motifs is 24. The fourth-order valence-electron chi connectivity index (χ4n) is 13.6. The molecule has 0 aromatic heterocycles. The third-order valence-corrected chi connectivity index (χ3v) is 18.7. The van der Waals surface area contributed by atoms with Gasteiger partial charge in [-0.3, -0.25) is 0 Å². The van der Waals surface area contributed by atoms with E-state index in [0.29, 0.717) is 0 Å². The molecule has 0 spiro atoms. The van der Waals surface area contributed by atoms with Crippen LogP contribution in [-0.4, -0.2) is 4.93 Å². The minimum atomic E-state index is -0.0920. The van der Waals surface area contributed by atoms with Crippen LogP contribution in [0.4, 0.5) is 0 Å². The maximum Gasteiger partial charge on any atom is 0.0181 e. The Labute approximate surface area is 470 Å². The van der Waals surface area contributed by atoms with Gasteiger partial charge in [0.15, 0.2) is 0 Å². The number of hydrogen-bond acceptors (Lipinski definition) is 0. The van der Waals surface area contributed by atoms with Gasteiger partial charge >= 0.3 is 0 Å². The number of hydrogen-bond donors (Lipinski definition) is 0. The van der Waals surface area contributed by atoms with Gasteiger partial charge < -0.3 is 0 Å². The summed E-state index contributed by atoms with van der Waals surface area (Å²) in [5.41, 5.74) is 36.2. The third-order valence-electron chi connectivity index (χ3n) is 16.3. The fraction of sp³-hybridized carbons (Fsp3) is 0.250. The Balaban J connectivity index is 0.000000144. The van der Waals surface area contributed by atoms with Crippen LogP contribution < -0.4 is 0 Å². The van der Waals surface area contributed by atoms with E-state index in [4.69, 9.17) is 0 Å². The summed E-state index contributed by atoms with van der Waals surface area (Å²) in [4.78, 5) is 1.97. The van der Waals surface area contributed by atoms with E-state index in [1.165, 1.54) is 139 Å². The SMILES string of the molecule is Brc1ccc2c(c1)-c1c(c3c(c4c1Cc1ccc(Br)cc1-4)Cc1ccc(Br)cc1-3)C2.CC.CI.Cc1ccc2c(c1)-c1c(c3c(c4c1C(C)(C)c1ccc(Br)cc1-4)C(C)(C)c1ccc(Br)cc1-3)C2(C)C. The van der Waals surface area contributed by atoms with Crippen molar-refractivity contribution in [3.05, 3.63) is 204 Å². The molecule has 70 heavy (non-hydrogen) atoms. The average Bonchev–Trinajstić information content (AvgIpc) is 4.13. The van der Waals surface area contributed by atoms with Crippen LogP contribution in [0.1, 0.15) is 128 Å². The molecule has 0 radical (unpaired) electrons. The normalized spacial score (nSPS) is 15.6. The van der Waals surface area contributed by atoms with Crippen molar-refractivity contribution < 1.29 is 0 Å². The van der Waals surface area contributed by atoms with Crippen molar-refractivity contribution in [1.29, 1.82) is 0 Å². The first-order valence-electron chi connectivity index (χ1n) is 24.4. The van der Waals surface area contributed by atoms with Crippen molar-refractivity contribution in [2.24, 2.45) is 0 Å². The van der Waals surface area contributed by atoms with Gasteiger partial charge in [-0.1, -0.05) is 212 Å². The van der Waals surface area contributed by atoms with E-state index in [-0.39, 0.29) is 16.2 Å². The molecule has 6 aliphatic carbocycles. The Kier molecular flexibility index (Phi) is 12.3. The summed E-state index contributed by atoms with van der Waals surface area (Å²) in [6.45, 7) is 20.8. The average molecular weight is 1350 g/mol. The van der Waals surface area contributed by atoms with Gasteiger partial charge in [0.25, 0.3) is 0 Å². The first-order valence-corrected chi connectivity index (χ1v) is 30.5. The molecule has 0 nitrogen and oxygen atoms in total. The summed E-state index contributed by atoms with van der Waals surface area (Å²) in [6, 6.07) is 41.4. The lowest BCUT2D eigenvalue weighted by Crippen LogP contribution is -2.22. The van der Waals surface area contributed by atoms with Gasteiger partial charge in [-0.15, -0.1) is 0 Å². The lowest BCUT2D eigenvalue weighted by Gasteiger charge is -2.31. The molecule has 0 atom stereocenters. The van der Waals surface area contributed by atoms with Crippen LogP contribution in [0.2, 0.25) is 0 Å². The highest BCUT2D eigenvalue weighted by Gasteiger charge is 2.52. The summed E-state index contributed by atoms with van der Waals surface area (Å²) in [5, 5.41) is 0. The summed E-state index contributed by atoms with van der Waals surface area (Å²) in [7, 11) is 0. The highest BCUT2D eigenvalue weighted by molar-refractivity contribution is 14.1. The molecular formula is C64H54Br5I. The minimum absolute atomic E-state index is 0.0804. The number of halogens is 6. The highest BCUT2D eigenvalue weighted by Crippen LogP contribution is 2.68. The molecular weight excluding hydrogens is 1300 g/mol. The summed E-state index contributed by atoms with van der Waals surface area (Å²) >= 11 is 20.9. The lowest BCUT2D eigenvalue weighted by atomic mass is 9.71. The van der Waals surface area contributed by atoms with E-state index in [0.717, 1.165) is 41.6 Å². The Morgan fingerprint density at radius 3 is 0.914 bits per heavy atom. The molecule has 6 aliphatic rings. The number of benzene rings is 8. The largest absolute Gasteiger partial charge is 0.0901 e. The molecule has 0 amide bonds. The third kappa shape index (κ3) is 6.97. The zero-order chi connectivity index (χ0) is 49.7. The summed E-state index contributed by atoms with van der Waals surface area (Å²) in [6.07, 6.45) is 3.08. The predicted octanol–water partition coefficient (Wildman–Crippen LogP) is 21.2. The molecule has 8 aromatic rings. The van der Waals surface area contributed by atoms with Crippen LogP contribution in [-0.2, 0) is 35.5 Å². The zero-order valence-electron chi connectivity index (χ0n) is 41.3. The Morgan fingerprint density at radius 1 is 0.343 bits per heavy atom. The van der Waals surface area contributed by atoms with E-state index in [1.807, 2.05) is 18.8 Å². The molecule has 0 aliphatic heterocycles. The first-order chi connectivity index (χ1) is 33.4. The Bertz CT molecular complexity index is 3190. The smallest absolute Gasteiger partial charge is 0.0181 e. The second kappa shape index (κ2) is 17.5. The van der Waals surface area contributed by atoms with E-state index in [1.54, 1.807) is 0 Å². The van der Waals surface area contributed by atoms with Crippen molar-refractivity contribution in [3.8, 4) is 66.8 Å². The molecule has 352 valence electrons. The zero-order valence-corrected chi connectivity index (χ0v) is 51.4. The first kappa shape index (κ1) is 49.1. The lowest BCUT2D eigenvalue weighted by molar-refractivity contribution is 0.635. The molecule has 0 fully saturated rings. The van der Waals surface area contributed by atoms with E-state index in [9.17, 15) is 0 Å². The van der Waals surface area contributed by atoms with Crippen LogP contribution in [0.15, 0.2) is 132 Å². The standard InChI is InChI=1S/C34H30Br2.C27H15Br3.C2H6.CH3I/c1-17-8-11-23-20(14-17)26-29(32(23,2)3)27-22-16-19(36)10-13-25(22)34(6,7)31(27)28-21-15-18(35)9-12-24(21)33(4,5)30(26)28;28-16-4-1-13-7-22-25(19(13)10-16)23-8-14-2-5-18(30)12-21(14)27(23)24-9-15-3-6-17(29)11-20(15)26(22)24;2*1-2/h8-16H,1-7H3;1-6,10-12H,7-9H2;1-2H3;1H3. The Hall–Kier alpha value is -3.11. The van der Waals surface area contributed by atoms with Gasteiger partial charge in [0.1, 0.15) is 0 Å². The Morgan fingerprint density at radius 2 is 0.600 bits per heavy atom. The van der Waals surface area contributed by atoms with Crippen LogP contribution in [0.25, 0.3) is 66.8 Å². The maximum atomic E-state index is 3.81. The van der Waals surface area contributed by atoms with Crippen molar-refractivity contribution in [1.82, 2.24) is 0 Å². The molecule has 14 rings (SSSR count). The van der Waals surface area contributed by atoms with Crippen LogP contribution in [0, 0.1) is 6.92 Å². The van der Waals surface area contributed by atoms with Gasteiger partial charge in [-0.2, -0.15) is 0 Å². The number of rotatable bonds is 0. The molecule has 0 N–H and O–H groups in total. The monoisotopic (exact) mass is 1340 g/mol. The van der Waals surface area contributed by atoms with Crippen molar-refractivity contribution in [3.63, 3.8) is 0 Å². The van der Waals surface area contributed by atoms with Gasteiger partial charge in [0.2, 0.25) is 0 Å². The fourth-order valence-corrected chi connectivity index (χ4v) is 15.4. The molecule has 0 saturated carbocycles.